The maximum atomic E-state index is 6.35. The van der Waals surface area contributed by atoms with Gasteiger partial charge in [0.05, 0.1) is 17.8 Å². The van der Waals surface area contributed by atoms with Gasteiger partial charge < -0.3 is 9.47 Å². The summed E-state index contributed by atoms with van der Waals surface area (Å²) >= 11 is 4.16. The van der Waals surface area contributed by atoms with Crippen molar-refractivity contribution >= 4 is 23.5 Å². The average Bonchev–Trinajstić information content (AvgIpc) is 2.95. The van der Waals surface area contributed by atoms with Crippen molar-refractivity contribution in [1.29, 1.82) is 0 Å². The predicted molar refractivity (Wildman–Crippen MR) is 173 cm³/mol. The lowest BCUT2D eigenvalue weighted by Gasteiger charge is -2.22. The lowest BCUT2D eigenvalue weighted by Crippen LogP contribution is -2.05. The minimum atomic E-state index is 0.541. The van der Waals surface area contributed by atoms with Crippen molar-refractivity contribution in [3.8, 4) is 11.5 Å². The van der Waals surface area contributed by atoms with E-state index in [-0.39, 0.29) is 0 Å². The van der Waals surface area contributed by atoms with Gasteiger partial charge in [-0.3, -0.25) is 0 Å². The van der Waals surface area contributed by atoms with E-state index in [0.29, 0.717) is 4.58 Å². The Hall–Kier alpha value is -0.480. The van der Waals surface area contributed by atoms with Crippen molar-refractivity contribution in [1.82, 2.24) is 0 Å². The zero-order chi connectivity index (χ0) is 26.9. The van der Waals surface area contributed by atoms with Crippen molar-refractivity contribution in [2.75, 3.05) is 24.7 Å². The minimum Gasteiger partial charge on any atom is -0.490 e. The molecule has 0 atom stereocenters. The van der Waals surface area contributed by atoms with E-state index < -0.39 is 0 Å². The van der Waals surface area contributed by atoms with E-state index in [9.17, 15) is 0 Å². The second-order valence-electron chi connectivity index (χ2n) is 11.2. The van der Waals surface area contributed by atoms with Gasteiger partial charge in [0.1, 0.15) is 0 Å². The molecule has 38 heavy (non-hydrogen) atoms. The number of rotatable bonds is 25. The van der Waals surface area contributed by atoms with E-state index >= 15 is 0 Å². The molecule has 0 bridgehead atoms. The number of thioether (sulfide) groups is 2. The van der Waals surface area contributed by atoms with E-state index in [0.717, 1.165) is 37.6 Å². The van der Waals surface area contributed by atoms with Crippen LogP contribution in [0.5, 0.6) is 11.5 Å². The molecule has 1 aromatic rings. The van der Waals surface area contributed by atoms with Crippen LogP contribution in [0.15, 0.2) is 18.2 Å². The second kappa shape index (κ2) is 24.3. The summed E-state index contributed by atoms with van der Waals surface area (Å²) in [5, 5.41) is 0. The quantitative estimate of drug-likeness (QED) is 0.110. The van der Waals surface area contributed by atoms with Crippen LogP contribution in [0.2, 0.25) is 0 Å². The van der Waals surface area contributed by atoms with Gasteiger partial charge in [-0.1, -0.05) is 135 Å². The molecule has 1 saturated heterocycles. The molecule has 1 aliphatic heterocycles. The van der Waals surface area contributed by atoms with Crippen LogP contribution >= 0.6 is 23.5 Å². The summed E-state index contributed by atoms with van der Waals surface area (Å²) in [6.45, 7) is 6.19. The molecule has 1 heterocycles. The number of benzene rings is 1. The van der Waals surface area contributed by atoms with Crippen LogP contribution in [0.4, 0.5) is 0 Å². The normalized spacial score (nSPS) is 14.2. The monoisotopic (exact) mass is 564 g/mol. The first-order chi connectivity index (χ1) is 18.8. The fraction of sp³-hybridized carbons (Fsp3) is 0.824. The third-order valence-electron chi connectivity index (χ3n) is 7.58. The van der Waals surface area contributed by atoms with Gasteiger partial charge in [-0.2, -0.15) is 0 Å². The molecule has 0 aromatic heterocycles. The van der Waals surface area contributed by atoms with Gasteiger partial charge in [-0.15, -0.1) is 23.5 Å². The summed E-state index contributed by atoms with van der Waals surface area (Å²) in [5.74, 6) is 4.45. The molecule has 0 amide bonds. The molecule has 0 unspecified atom stereocenters. The smallest absolute Gasteiger partial charge is 0.161 e. The largest absolute Gasteiger partial charge is 0.490 e. The van der Waals surface area contributed by atoms with Crippen molar-refractivity contribution in [2.24, 2.45) is 0 Å². The Morgan fingerprint density at radius 1 is 0.553 bits per heavy atom. The third kappa shape index (κ3) is 16.6. The Labute approximate surface area is 245 Å². The van der Waals surface area contributed by atoms with Gasteiger partial charge in [0.2, 0.25) is 0 Å². The van der Waals surface area contributed by atoms with Crippen LogP contribution < -0.4 is 9.47 Å². The van der Waals surface area contributed by atoms with E-state index in [1.165, 1.54) is 139 Å². The lowest BCUT2D eigenvalue weighted by molar-refractivity contribution is 0.258. The highest BCUT2D eigenvalue weighted by molar-refractivity contribution is 8.16. The summed E-state index contributed by atoms with van der Waals surface area (Å²) in [4.78, 5) is 0. The maximum Gasteiger partial charge on any atom is 0.161 e. The highest BCUT2D eigenvalue weighted by Gasteiger charge is 2.18. The molecule has 2 nitrogen and oxygen atoms in total. The van der Waals surface area contributed by atoms with E-state index in [2.05, 4.69) is 55.6 Å². The summed E-state index contributed by atoms with van der Waals surface area (Å²) in [7, 11) is 0. The summed E-state index contributed by atoms with van der Waals surface area (Å²) < 4.78 is 13.2. The first-order valence-corrected chi connectivity index (χ1v) is 18.6. The number of unbranched alkanes of at least 4 members (excludes halogenated alkanes) is 18. The first kappa shape index (κ1) is 33.7. The molecule has 0 spiro atoms. The SMILES string of the molecule is CCCCCCCCCCCCOc1ccc(C2SCCCS2)cc1OCCCCCCCCCCCC. The van der Waals surface area contributed by atoms with Crippen LogP contribution in [0, 0.1) is 0 Å². The average molecular weight is 565 g/mol. The molecule has 0 aliphatic carbocycles. The number of hydrogen-bond donors (Lipinski definition) is 0. The Balaban J connectivity index is 1.66. The molecular weight excluding hydrogens is 505 g/mol. The summed E-state index contributed by atoms with van der Waals surface area (Å²) in [6.07, 6.45) is 28.4. The Morgan fingerprint density at radius 2 is 0.974 bits per heavy atom. The van der Waals surface area contributed by atoms with Crippen LogP contribution in [0.1, 0.15) is 159 Å². The van der Waals surface area contributed by atoms with Crippen molar-refractivity contribution in [3.05, 3.63) is 23.8 Å². The van der Waals surface area contributed by atoms with Crippen LogP contribution in [0.25, 0.3) is 0 Å². The molecule has 0 radical (unpaired) electrons. The molecule has 1 aliphatic rings. The van der Waals surface area contributed by atoms with Gasteiger partial charge in [-0.25, -0.2) is 0 Å². The van der Waals surface area contributed by atoms with Crippen molar-refractivity contribution in [3.63, 3.8) is 0 Å². The van der Waals surface area contributed by atoms with Crippen LogP contribution in [-0.2, 0) is 0 Å². The topological polar surface area (TPSA) is 18.5 Å². The van der Waals surface area contributed by atoms with Gasteiger partial charge in [0, 0.05) is 0 Å². The highest BCUT2D eigenvalue weighted by atomic mass is 32.2. The number of ether oxygens (including phenoxy) is 2. The highest BCUT2D eigenvalue weighted by Crippen LogP contribution is 2.45. The Morgan fingerprint density at radius 3 is 1.45 bits per heavy atom. The maximum absolute atomic E-state index is 6.35. The van der Waals surface area contributed by atoms with Crippen molar-refractivity contribution in [2.45, 2.75) is 153 Å². The molecule has 220 valence electrons. The molecule has 0 N–H and O–H groups in total. The second-order valence-corrected chi connectivity index (χ2v) is 13.9. The third-order valence-corrected chi connectivity index (χ3v) is 10.6. The van der Waals surface area contributed by atoms with Gasteiger partial charge in [0.15, 0.2) is 11.5 Å². The molecular formula is C34H60O2S2. The standard InChI is InChI=1S/C34H60O2S2/c1-3-5-7-9-11-13-15-17-19-21-26-35-32-25-24-31(34-37-28-23-29-38-34)30-33(32)36-27-22-20-18-16-14-12-10-8-6-4-2/h24-25,30,34H,3-23,26-29H2,1-2H3. The predicted octanol–water partition coefficient (Wildman–Crippen LogP) is 12.2. The van der Waals surface area contributed by atoms with Crippen LogP contribution in [-0.4, -0.2) is 24.7 Å². The van der Waals surface area contributed by atoms with Crippen LogP contribution in [0.3, 0.4) is 0 Å². The van der Waals surface area contributed by atoms with Gasteiger partial charge in [0.25, 0.3) is 0 Å². The molecule has 1 aromatic carbocycles. The summed E-state index contributed by atoms with van der Waals surface area (Å²) in [5.41, 5.74) is 1.39. The van der Waals surface area contributed by atoms with E-state index in [4.69, 9.17) is 9.47 Å². The van der Waals surface area contributed by atoms with Gasteiger partial charge in [-0.05, 0) is 48.5 Å². The first-order valence-electron chi connectivity index (χ1n) is 16.5. The lowest BCUT2D eigenvalue weighted by atomic mass is 10.1. The van der Waals surface area contributed by atoms with Crippen molar-refractivity contribution < 1.29 is 9.47 Å². The minimum absolute atomic E-state index is 0.541. The molecule has 2 rings (SSSR count). The number of hydrogen-bond acceptors (Lipinski definition) is 4. The van der Waals surface area contributed by atoms with E-state index in [1.807, 2.05) is 0 Å². The van der Waals surface area contributed by atoms with E-state index in [1.54, 1.807) is 0 Å². The fourth-order valence-corrected chi connectivity index (χ4v) is 8.00. The van der Waals surface area contributed by atoms with Gasteiger partial charge >= 0.3 is 0 Å². The zero-order valence-corrected chi connectivity index (χ0v) is 26.8. The molecule has 0 saturated carbocycles. The molecule has 1 fully saturated rings. The Kier molecular flexibility index (Phi) is 21.6. The summed E-state index contributed by atoms with van der Waals surface area (Å²) in [6, 6.07) is 6.73. The fourth-order valence-electron chi connectivity index (χ4n) is 5.13. The zero-order valence-electron chi connectivity index (χ0n) is 25.1. The molecule has 4 heteroatoms. The Bertz CT molecular complexity index is 660.